The van der Waals surface area contributed by atoms with Crippen LogP contribution in [0.5, 0.6) is 0 Å². The van der Waals surface area contributed by atoms with E-state index in [4.69, 9.17) is 0 Å². The first-order chi connectivity index (χ1) is 6.75. The molecule has 0 aliphatic carbocycles. The first-order valence-electron chi connectivity index (χ1n) is 5.01. The molecule has 0 spiro atoms. The minimum Gasteiger partial charge on any atom is -0.303 e. The molecule has 78 valence electrons. The number of hydrogen-bond donors (Lipinski definition) is 1. The second kappa shape index (κ2) is 3.96. The quantitative estimate of drug-likeness (QED) is 0.745. The van der Waals surface area contributed by atoms with Crippen molar-refractivity contribution in [3.8, 4) is 0 Å². The van der Waals surface area contributed by atoms with Crippen molar-refractivity contribution in [3.05, 3.63) is 16.4 Å². The molecule has 1 N–H and O–H groups in total. The zero-order valence-corrected chi connectivity index (χ0v) is 8.32. The van der Waals surface area contributed by atoms with Crippen molar-refractivity contribution in [2.24, 2.45) is 0 Å². The molecule has 5 nitrogen and oxygen atoms in total. The molecule has 5 heteroatoms. The molecule has 0 amide bonds. The van der Waals surface area contributed by atoms with E-state index < -0.39 is 5.76 Å². The Bertz CT molecular complexity index is 344. The van der Waals surface area contributed by atoms with Crippen molar-refractivity contribution in [3.63, 3.8) is 0 Å². The molecule has 1 atom stereocenters. The molecule has 0 aromatic carbocycles. The summed E-state index contributed by atoms with van der Waals surface area (Å²) in [5, 5.41) is 3.67. The highest BCUT2D eigenvalue weighted by Crippen LogP contribution is 2.17. The van der Waals surface area contributed by atoms with Crippen LogP contribution in [0.4, 0.5) is 0 Å². The Hall–Kier alpha value is -1.10. The molecule has 0 saturated carbocycles. The molecule has 0 radical (unpaired) electrons. The molecular weight excluding hydrogens is 182 g/mol. The molecule has 14 heavy (non-hydrogen) atoms. The van der Waals surface area contributed by atoms with Gasteiger partial charge in [-0.25, -0.2) is 4.79 Å². The van der Waals surface area contributed by atoms with Gasteiger partial charge in [0, 0.05) is 12.5 Å². The number of piperidine rings is 1. The number of likely N-dealkylation sites (N-methyl/N-ethyl adjacent to an activating group) is 1. The average molecular weight is 197 g/mol. The lowest BCUT2D eigenvalue weighted by Crippen LogP contribution is -2.37. The van der Waals surface area contributed by atoms with Gasteiger partial charge in [-0.05, 0) is 26.4 Å². The fourth-order valence-electron chi connectivity index (χ4n) is 1.97. The fraction of sp³-hybridized carbons (Fsp3) is 0.778. The summed E-state index contributed by atoms with van der Waals surface area (Å²) >= 11 is 0. The van der Waals surface area contributed by atoms with E-state index in [2.05, 4.69) is 26.6 Å². The Kier molecular flexibility index (Phi) is 2.67. The summed E-state index contributed by atoms with van der Waals surface area (Å²) in [7, 11) is 2.11. The number of likely N-dealkylation sites (tertiary alicyclic amines) is 1. The van der Waals surface area contributed by atoms with E-state index in [1.165, 1.54) is 19.3 Å². The lowest BCUT2D eigenvalue weighted by molar-refractivity contribution is 0.181. The van der Waals surface area contributed by atoms with E-state index in [1.54, 1.807) is 0 Å². The Morgan fingerprint density at radius 1 is 1.64 bits per heavy atom. The van der Waals surface area contributed by atoms with E-state index in [1.807, 2.05) is 0 Å². The molecule has 2 heterocycles. The van der Waals surface area contributed by atoms with Gasteiger partial charge in [0.1, 0.15) is 0 Å². The minimum absolute atomic E-state index is 0.460. The summed E-state index contributed by atoms with van der Waals surface area (Å²) < 4.78 is 4.46. The SMILES string of the molecule is CN1CCCCC1Cc1noc(=O)[nH]1. The number of hydrogen-bond acceptors (Lipinski definition) is 4. The zero-order valence-electron chi connectivity index (χ0n) is 8.32. The van der Waals surface area contributed by atoms with E-state index in [9.17, 15) is 4.79 Å². The topological polar surface area (TPSA) is 62.1 Å². The second-order valence-corrected chi connectivity index (χ2v) is 3.88. The fourth-order valence-corrected chi connectivity index (χ4v) is 1.97. The van der Waals surface area contributed by atoms with Crippen molar-refractivity contribution in [2.75, 3.05) is 13.6 Å². The maximum atomic E-state index is 10.7. The number of rotatable bonds is 2. The first kappa shape index (κ1) is 9.45. The van der Waals surface area contributed by atoms with Crippen LogP contribution in [0.3, 0.4) is 0 Å². The maximum Gasteiger partial charge on any atom is 0.438 e. The summed E-state index contributed by atoms with van der Waals surface area (Å²) in [4.78, 5) is 15.6. The molecular formula is C9H15N3O2. The van der Waals surface area contributed by atoms with Crippen molar-refractivity contribution in [1.82, 2.24) is 15.0 Å². The standard InChI is InChI=1S/C9H15N3O2/c1-12-5-3-2-4-7(12)6-8-10-9(13)14-11-8/h7H,2-6H2,1H3,(H,10,11,13). The Labute approximate surface area is 82.1 Å². The van der Waals surface area contributed by atoms with Gasteiger partial charge in [0.2, 0.25) is 0 Å². The average Bonchev–Trinajstić information content (AvgIpc) is 2.56. The van der Waals surface area contributed by atoms with Gasteiger partial charge in [-0.2, -0.15) is 0 Å². The summed E-state index contributed by atoms with van der Waals surface area (Å²) in [6, 6.07) is 0.490. The number of nitrogens with one attached hydrogen (secondary N) is 1. The lowest BCUT2D eigenvalue weighted by Gasteiger charge is -2.31. The van der Waals surface area contributed by atoms with Gasteiger partial charge in [-0.15, -0.1) is 0 Å². The van der Waals surface area contributed by atoms with Crippen LogP contribution in [0, 0.1) is 0 Å². The Balaban J connectivity index is 1.99. The van der Waals surface area contributed by atoms with Gasteiger partial charge in [0.15, 0.2) is 5.82 Å². The minimum atomic E-state index is -0.460. The van der Waals surface area contributed by atoms with Crippen LogP contribution in [0.1, 0.15) is 25.1 Å². The zero-order chi connectivity index (χ0) is 9.97. The number of nitrogens with zero attached hydrogens (tertiary/aromatic N) is 2. The highest BCUT2D eigenvalue weighted by atomic mass is 16.5. The van der Waals surface area contributed by atoms with Crippen LogP contribution in [0.25, 0.3) is 0 Å². The number of H-pyrrole nitrogens is 1. The highest BCUT2D eigenvalue weighted by Gasteiger charge is 2.20. The van der Waals surface area contributed by atoms with Crippen LogP contribution in [0.15, 0.2) is 9.32 Å². The Morgan fingerprint density at radius 3 is 3.14 bits per heavy atom. The molecule has 1 fully saturated rings. The molecule has 1 aromatic rings. The third kappa shape index (κ3) is 2.04. The highest BCUT2D eigenvalue weighted by molar-refractivity contribution is 4.87. The molecule has 1 aliphatic rings. The monoisotopic (exact) mass is 197 g/mol. The van der Waals surface area contributed by atoms with Gasteiger partial charge < -0.3 is 4.90 Å². The number of aromatic nitrogens is 2. The molecule has 2 rings (SSSR count). The molecule has 1 unspecified atom stereocenters. The van der Waals surface area contributed by atoms with Gasteiger partial charge in [0.25, 0.3) is 0 Å². The van der Waals surface area contributed by atoms with Crippen LogP contribution in [-0.4, -0.2) is 34.7 Å². The van der Waals surface area contributed by atoms with E-state index in [0.717, 1.165) is 13.0 Å². The third-order valence-corrected chi connectivity index (χ3v) is 2.84. The van der Waals surface area contributed by atoms with Crippen LogP contribution in [-0.2, 0) is 6.42 Å². The Morgan fingerprint density at radius 2 is 2.50 bits per heavy atom. The molecule has 0 bridgehead atoms. The number of aromatic amines is 1. The molecule has 1 saturated heterocycles. The van der Waals surface area contributed by atoms with E-state index >= 15 is 0 Å². The van der Waals surface area contributed by atoms with Gasteiger partial charge >= 0.3 is 5.76 Å². The van der Waals surface area contributed by atoms with E-state index in [0.29, 0.717) is 11.9 Å². The van der Waals surface area contributed by atoms with Gasteiger partial charge in [-0.1, -0.05) is 11.6 Å². The summed E-state index contributed by atoms with van der Waals surface area (Å²) in [5.74, 6) is 0.201. The lowest BCUT2D eigenvalue weighted by atomic mass is 10.00. The van der Waals surface area contributed by atoms with Gasteiger partial charge in [-0.3, -0.25) is 9.51 Å². The van der Waals surface area contributed by atoms with Crippen LogP contribution in [0.2, 0.25) is 0 Å². The van der Waals surface area contributed by atoms with Crippen molar-refractivity contribution in [1.29, 1.82) is 0 Å². The van der Waals surface area contributed by atoms with Crippen molar-refractivity contribution >= 4 is 0 Å². The normalized spacial score (nSPS) is 23.9. The van der Waals surface area contributed by atoms with Gasteiger partial charge in [0.05, 0.1) is 0 Å². The van der Waals surface area contributed by atoms with Crippen molar-refractivity contribution in [2.45, 2.75) is 31.7 Å². The predicted octanol–water partition coefficient (Wildman–Crippen LogP) is 0.390. The predicted molar refractivity (Wildman–Crippen MR) is 51.1 cm³/mol. The first-order valence-corrected chi connectivity index (χ1v) is 5.01. The summed E-state index contributed by atoms with van der Waals surface area (Å²) in [6.45, 7) is 1.13. The molecule has 1 aromatic heterocycles. The smallest absolute Gasteiger partial charge is 0.303 e. The largest absolute Gasteiger partial charge is 0.438 e. The third-order valence-electron chi connectivity index (χ3n) is 2.84. The maximum absolute atomic E-state index is 10.7. The molecule has 1 aliphatic heterocycles. The van der Waals surface area contributed by atoms with E-state index in [-0.39, 0.29) is 0 Å². The second-order valence-electron chi connectivity index (χ2n) is 3.88. The van der Waals surface area contributed by atoms with Crippen LogP contribution >= 0.6 is 0 Å². The summed E-state index contributed by atoms with van der Waals surface area (Å²) in [5.41, 5.74) is 0. The summed E-state index contributed by atoms with van der Waals surface area (Å²) in [6.07, 6.45) is 4.48. The van der Waals surface area contributed by atoms with Crippen molar-refractivity contribution < 1.29 is 4.52 Å². The van der Waals surface area contributed by atoms with Crippen LogP contribution < -0.4 is 5.76 Å².